The van der Waals surface area contributed by atoms with E-state index in [0.717, 1.165) is 37.3 Å². The van der Waals surface area contributed by atoms with Crippen molar-refractivity contribution in [2.24, 2.45) is 11.8 Å². The highest BCUT2D eigenvalue weighted by molar-refractivity contribution is 5.42. The molecule has 5 heteroatoms. The van der Waals surface area contributed by atoms with Crippen LogP contribution in [-0.2, 0) is 6.54 Å². The summed E-state index contributed by atoms with van der Waals surface area (Å²) < 4.78 is 0. The molecule has 2 aliphatic heterocycles. The number of anilines is 1. The van der Waals surface area contributed by atoms with Gasteiger partial charge in [0, 0.05) is 62.8 Å². The van der Waals surface area contributed by atoms with E-state index >= 15 is 0 Å². The molecule has 24 heavy (non-hydrogen) atoms. The van der Waals surface area contributed by atoms with Gasteiger partial charge in [-0.3, -0.25) is 9.88 Å². The highest BCUT2D eigenvalue weighted by atomic mass is 15.3. The molecule has 0 aromatic carbocycles. The highest BCUT2D eigenvalue weighted by Crippen LogP contribution is 2.40. The van der Waals surface area contributed by atoms with Crippen molar-refractivity contribution < 1.29 is 0 Å². The first-order valence-corrected chi connectivity index (χ1v) is 9.03. The number of hydrogen-bond acceptors (Lipinski definition) is 5. The van der Waals surface area contributed by atoms with Gasteiger partial charge in [-0.25, -0.2) is 9.97 Å². The zero-order valence-corrected chi connectivity index (χ0v) is 13.9. The lowest BCUT2D eigenvalue weighted by molar-refractivity contribution is 0.308. The third-order valence-electron chi connectivity index (χ3n) is 5.68. The predicted octanol–water partition coefficient (Wildman–Crippen LogP) is 2.32. The number of rotatable bonds is 4. The molecular formula is C19H23N5. The summed E-state index contributed by atoms with van der Waals surface area (Å²) in [4.78, 5) is 18.3. The summed E-state index contributed by atoms with van der Waals surface area (Å²) in [6.07, 6.45) is 8.18. The van der Waals surface area contributed by atoms with E-state index in [-0.39, 0.29) is 0 Å². The van der Waals surface area contributed by atoms with Crippen molar-refractivity contribution in [3.05, 3.63) is 48.2 Å². The zero-order chi connectivity index (χ0) is 15.9. The number of pyridine rings is 1. The molecule has 2 aromatic heterocycles. The average molecular weight is 321 g/mol. The van der Waals surface area contributed by atoms with Gasteiger partial charge in [0.1, 0.15) is 12.1 Å². The first kappa shape index (κ1) is 14.3. The van der Waals surface area contributed by atoms with Crippen molar-refractivity contribution in [1.82, 2.24) is 19.9 Å². The molecule has 2 unspecified atom stereocenters. The lowest BCUT2D eigenvalue weighted by atomic mass is 10.0. The maximum atomic E-state index is 4.54. The Hall–Kier alpha value is -2.01. The smallest absolute Gasteiger partial charge is 0.132 e. The Bertz CT molecular complexity index is 701. The summed E-state index contributed by atoms with van der Waals surface area (Å²) in [5.74, 6) is 3.37. The van der Waals surface area contributed by atoms with Crippen LogP contribution in [0.1, 0.15) is 30.0 Å². The van der Waals surface area contributed by atoms with Gasteiger partial charge in [0.05, 0.1) is 0 Å². The minimum absolute atomic E-state index is 0.698. The molecule has 124 valence electrons. The summed E-state index contributed by atoms with van der Waals surface area (Å²) in [6, 6.07) is 6.43. The van der Waals surface area contributed by atoms with Gasteiger partial charge >= 0.3 is 0 Å². The Morgan fingerprint density at radius 3 is 2.58 bits per heavy atom. The van der Waals surface area contributed by atoms with E-state index in [9.17, 15) is 0 Å². The van der Waals surface area contributed by atoms with E-state index in [4.69, 9.17) is 0 Å². The molecule has 5 nitrogen and oxygen atoms in total. The molecule has 1 saturated carbocycles. The SMILES string of the molecule is c1cncc(CN2CC3CN(c4cc(C5CC5)ncn4)CC3C2)c1. The molecule has 0 spiro atoms. The fraction of sp³-hybridized carbons (Fsp3) is 0.526. The molecule has 0 radical (unpaired) electrons. The van der Waals surface area contributed by atoms with Crippen LogP contribution in [0, 0.1) is 11.8 Å². The molecule has 0 bridgehead atoms. The van der Waals surface area contributed by atoms with Gasteiger partial charge in [-0.2, -0.15) is 0 Å². The Kier molecular flexibility index (Phi) is 3.47. The maximum Gasteiger partial charge on any atom is 0.132 e. The van der Waals surface area contributed by atoms with Gasteiger partial charge in [-0.15, -0.1) is 0 Å². The third-order valence-corrected chi connectivity index (χ3v) is 5.68. The second kappa shape index (κ2) is 5.81. The molecule has 4 heterocycles. The van der Waals surface area contributed by atoms with Gasteiger partial charge in [-0.1, -0.05) is 6.07 Å². The van der Waals surface area contributed by atoms with Crippen LogP contribution < -0.4 is 4.90 Å². The van der Waals surface area contributed by atoms with Crippen molar-refractivity contribution in [3.63, 3.8) is 0 Å². The Morgan fingerprint density at radius 1 is 1.04 bits per heavy atom. The summed E-state index contributed by atoms with van der Waals surface area (Å²) in [5.41, 5.74) is 2.56. The van der Waals surface area contributed by atoms with E-state index in [0.29, 0.717) is 5.92 Å². The molecule has 1 aliphatic carbocycles. The van der Waals surface area contributed by atoms with Crippen LogP contribution in [0.4, 0.5) is 5.82 Å². The van der Waals surface area contributed by atoms with Crippen LogP contribution in [0.3, 0.4) is 0 Å². The standard InChI is InChI=1S/C19H23N5/c1-2-14(7-20-5-1)8-23-9-16-11-24(12-17(16)10-23)19-6-18(15-3-4-15)21-13-22-19/h1-2,5-7,13,15-17H,3-4,8-12H2. The van der Waals surface area contributed by atoms with Gasteiger partial charge in [0.2, 0.25) is 0 Å². The minimum atomic E-state index is 0.698. The summed E-state index contributed by atoms with van der Waals surface area (Å²) >= 11 is 0. The molecule has 2 atom stereocenters. The van der Waals surface area contributed by atoms with Gasteiger partial charge in [-0.05, 0) is 36.3 Å². The summed E-state index contributed by atoms with van der Waals surface area (Å²) in [7, 11) is 0. The molecular weight excluding hydrogens is 298 g/mol. The van der Waals surface area contributed by atoms with E-state index in [1.807, 2.05) is 18.5 Å². The first-order chi connectivity index (χ1) is 11.8. The molecule has 2 aromatic rings. The molecule has 0 amide bonds. The quantitative estimate of drug-likeness (QED) is 0.865. The minimum Gasteiger partial charge on any atom is -0.356 e. The van der Waals surface area contributed by atoms with Crippen molar-refractivity contribution in [1.29, 1.82) is 0 Å². The fourth-order valence-electron chi connectivity index (χ4n) is 4.29. The Balaban J connectivity index is 1.23. The number of likely N-dealkylation sites (tertiary alicyclic amines) is 1. The zero-order valence-electron chi connectivity index (χ0n) is 13.9. The molecule has 3 aliphatic rings. The van der Waals surface area contributed by atoms with Crippen LogP contribution in [0.15, 0.2) is 36.9 Å². The summed E-state index contributed by atoms with van der Waals surface area (Å²) in [6.45, 7) is 5.68. The van der Waals surface area contributed by atoms with E-state index < -0.39 is 0 Å². The predicted molar refractivity (Wildman–Crippen MR) is 92.7 cm³/mol. The first-order valence-electron chi connectivity index (χ1n) is 9.03. The van der Waals surface area contributed by atoms with Crippen molar-refractivity contribution in [2.45, 2.75) is 25.3 Å². The van der Waals surface area contributed by atoms with Crippen LogP contribution in [0.5, 0.6) is 0 Å². The second-order valence-electron chi connectivity index (χ2n) is 7.56. The van der Waals surface area contributed by atoms with Gasteiger partial charge < -0.3 is 4.90 Å². The third kappa shape index (κ3) is 2.77. The van der Waals surface area contributed by atoms with E-state index in [2.05, 4.69) is 36.9 Å². The number of fused-ring (bicyclic) bond motifs is 1. The van der Waals surface area contributed by atoms with E-state index in [1.54, 1.807) is 6.33 Å². The Morgan fingerprint density at radius 2 is 1.88 bits per heavy atom. The number of hydrogen-bond donors (Lipinski definition) is 0. The second-order valence-corrected chi connectivity index (χ2v) is 7.56. The van der Waals surface area contributed by atoms with Crippen LogP contribution in [0.2, 0.25) is 0 Å². The number of aromatic nitrogens is 3. The topological polar surface area (TPSA) is 45.2 Å². The fourth-order valence-corrected chi connectivity index (χ4v) is 4.29. The lowest BCUT2D eigenvalue weighted by Crippen LogP contribution is -2.29. The normalized spacial score (nSPS) is 26.8. The van der Waals surface area contributed by atoms with Gasteiger partial charge in [0.15, 0.2) is 0 Å². The van der Waals surface area contributed by atoms with Crippen molar-refractivity contribution in [3.8, 4) is 0 Å². The molecule has 0 N–H and O–H groups in total. The molecule has 3 fully saturated rings. The largest absolute Gasteiger partial charge is 0.356 e. The monoisotopic (exact) mass is 321 g/mol. The van der Waals surface area contributed by atoms with Crippen LogP contribution in [-0.4, -0.2) is 46.0 Å². The average Bonchev–Trinajstić information content (AvgIpc) is 3.29. The highest BCUT2D eigenvalue weighted by Gasteiger charge is 2.40. The lowest BCUT2D eigenvalue weighted by Gasteiger charge is -2.22. The van der Waals surface area contributed by atoms with E-state index in [1.165, 1.54) is 37.2 Å². The number of nitrogens with zero attached hydrogens (tertiary/aromatic N) is 5. The van der Waals surface area contributed by atoms with Crippen LogP contribution in [0.25, 0.3) is 0 Å². The molecule has 5 rings (SSSR count). The molecule has 2 saturated heterocycles. The van der Waals surface area contributed by atoms with Crippen LogP contribution >= 0.6 is 0 Å². The van der Waals surface area contributed by atoms with Gasteiger partial charge in [0.25, 0.3) is 0 Å². The van der Waals surface area contributed by atoms with Crippen molar-refractivity contribution in [2.75, 3.05) is 31.1 Å². The summed E-state index contributed by atoms with van der Waals surface area (Å²) in [5, 5.41) is 0. The van der Waals surface area contributed by atoms with Crippen molar-refractivity contribution >= 4 is 5.82 Å². The maximum absolute atomic E-state index is 4.54. The Labute approximate surface area is 142 Å².